The van der Waals surface area contributed by atoms with Crippen molar-refractivity contribution in [1.82, 2.24) is 0 Å². The molecule has 0 radical (unpaired) electrons. The summed E-state index contributed by atoms with van der Waals surface area (Å²) in [5.41, 5.74) is -0.366. The Morgan fingerprint density at radius 3 is 2.52 bits per heavy atom. The van der Waals surface area contributed by atoms with Crippen LogP contribution in [0.3, 0.4) is 0 Å². The molecule has 3 atom stereocenters. The van der Waals surface area contributed by atoms with Crippen LogP contribution in [0.4, 0.5) is 0 Å². The number of fused-ring (bicyclic) bond motifs is 2. The molecule has 0 aromatic carbocycles. The lowest BCUT2D eigenvalue weighted by Crippen LogP contribution is -2.38. The molecule has 3 nitrogen and oxygen atoms in total. The molecule has 0 saturated heterocycles. The highest BCUT2D eigenvalue weighted by Gasteiger charge is 2.45. The molecule has 3 rings (SSSR count). The van der Waals surface area contributed by atoms with Gasteiger partial charge in [0.25, 0.3) is 0 Å². The first-order valence-corrected chi connectivity index (χ1v) is 8.41. The van der Waals surface area contributed by atoms with Gasteiger partial charge in [-0.1, -0.05) is 31.4 Å². The van der Waals surface area contributed by atoms with Crippen molar-refractivity contribution in [3.63, 3.8) is 0 Å². The van der Waals surface area contributed by atoms with E-state index < -0.39 is 0 Å². The van der Waals surface area contributed by atoms with Crippen molar-refractivity contribution in [1.29, 1.82) is 0 Å². The number of allylic oxidation sites excluding steroid dienone is 2. The van der Waals surface area contributed by atoms with E-state index in [1.165, 1.54) is 19.3 Å². The Hall–Kier alpha value is -1.12. The quantitative estimate of drug-likeness (QED) is 0.586. The molecule has 2 fully saturated rings. The molecule has 0 N–H and O–H groups in total. The number of ketones is 1. The minimum Gasteiger partial charge on any atom is -0.459 e. The van der Waals surface area contributed by atoms with Crippen LogP contribution in [0.5, 0.6) is 0 Å². The van der Waals surface area contributed by atoms with Gasteiger partial charge in [0.2, 0.25) is 0 Å². The van der Waals surface area contributed by atoms with Crippen molar-refractivity contribution >= 4 is 11.8 Å². The summed E-state index contributed by atoms with van der Waals surface area (Å²) in [4.78, 5) is 24.2. The SMILES string of the molecule is CC(C)(OC(=O)CC1CC2C=CC1C2=O)C1CCCCC1. The average Bonchev–Trinajstić information content (AvgIpc) is 2.94. The Balaban J connectivity index is 1.54. The minimum absolute atomic E-state index is 0.0275. The molecule has 3 unspecified atom stereocenters. The molecule has 0 aliphatic heterocycles. The first-order valence-electron chi connectivity index (χ1n) is 8.41. The average molecular weight is 290 g/mol. The number of Topliss-reactive ketones (excluding diaryl/α,β-unsaturated/α-hetero) is 1. The van der Waals surface area contributed by atoms with E-state index in [1.54, 1.807) is 0 Å². The van der Waals surface area contributed by atoms with Gasteiger partial charge in [-0.05, 0) is 44.9 Å². The number of hydrogen-bond donors (Lipinski definition) is 0. The third-order valence-electron chi connectivity index (χ3n) is 5.70. The summed E-state index contributed by atoms with van der Waals surface area (Å²) in [5, 5.41) is 0. The standard InChI is InChI=1S/C18H26O3/c1-18(2,14-6-4-3-5-7-14)21-16(19)11-13-10-12-8-9-15(13)17(12)20/h8-9,12-15H,3-7,10-11H2,1-2H3. The summed E-state index contributed by atoms with van der Waals surface area (Å²) in [6.45, 7) is 4.10. The zero-order chi connectivity index (χ0) is 15.0. The van der Waals surface area contributed by atoms with Crippen LogP contribution in [0, 0.1) is 23.7 Å². The van der Waals surface area contributed by atoms with Gasteiger partial charge in [0.05, 0.1) is 0 Å². The van der Waals surface area contributed by atoms with Crippen molar-refractivity contribution in [2.45, 2.75) is 64.4 Å². The molecule has 3 aliphatic carbocycles. The maximum Gasteiger partial charge on any atom is 0.306 e. The van der Waals surface area contributed by atoms with Gasteiger partial charge in [-0.15, -0.1) is 0 Å². The van der Waals surface area contributed by atoms with Crippen LogP contribution in [0.15, 0.2) is 12.2 Å². The minimum atomic E-state index is -0.366. The lowest BCUT2D eigenvalue weighted by molar-refractivity contribution is -0.164. The third-order valence-corrected chi connectivity index (χ3v) is 5.70. The van der Waals surface area contributed by atoms with Crippen molar-refractivity contribution < 1.29 is 14.3 Å². The monoisotopic (exact) mass is 290 g/mol. The Morgan fingerprint density at radius 2 is 1.95 bits per heavy atom. The van der Waals surface area contributed by atoms with Gasteiger partial charge in [-0.2, -0.15) is 0 Å². The Kier molecular flexibility index (Phi) is 3.94. The second kappa shape index (κ2) is 5.58. The fourth-order valence-corrected chi connectivity index (χ4v) is 4.39. The lowest BCUT2D eigenvalue weighted by atomic mass is 9.78. The zero-order valence-electron chi connectivity index (χ0n) is 13.1. The first-order chi connectivity index (χ1) is 9.97. The molecule has 3 heteroatoms. The molecule has 21 heavy (non-hydrogen) atoms. The van der Waals surface area contributed by atoms with E-state index >= 15 is 0 Å². The van der Waals surface area contributed by atoms with Gasteiger partial charge in [-0.25, -0.2) is 0 Å². The van der Waals surface area contributed by atoms with Gasteiger partial charge in [0, 0.05) is 18.3 Å². The Bertz CT molecular complexity index is 457. The van der Waals surface area contributed by atoms with Crippen molar-refractivity contribution in [3.05, 3.63) is 12.2 Å². The summed E-state index contributed by atoms with van der Waals surface area (Å²) in [5.74, 6) is 0.877. The number of rotatable bonds is 4. The molecular weight excluding hydrogens is 264 g/mol. The summed E-state index contributed by atoms with van der Waals surface area (Å²) in [6.07, 6.45) is 11.3. The molecule has 0 heterocycles. The van der Waals surface area contributed by atoms with E-state index in [9.17, 15) is 9.59 Å². The van der Waals surface area contributed by atoms with Crippen molar-refractivity contribution in [2.75, 3.05) is 0 Å². The fourth-order valence-electron chi connectivity index (χ4n) is 4.39. The molecule has 3 aliphatic rings. The van der Waals surface area contributed by atoms with Gasteiger partial charge >= 0.3 is 5.97 Å². The highest BCUT2D eigenvalue weighted by Crippen LogP contribution is 2.43. The first kappa shape index (κ1) is 14.8. The van der Waals surface area contributed by atoms with Gasteiger partial charge in [0.1, 0.15) is 11.4 Å². The van der Waals surface area contributed by atoms with Crippen molar-refractivity contribution in [3.8, 4) is 0 Å². The second-order valence-corrected chi connectivity index (χ2v) is 7.53. The van der Waals surface area contributed by atoms with Gasteiger partial charge in [0.15, 0.2) is 0 Å². The van der Waals surface area contributed by atoms with Gasteiger partial charge < -0.3 is 4.74 Å². The summed E-state index contributed by atoms with van der Waals surface area (Å²) in [6, 6.07) is 0. The van der Waals surface area contributed by atoms with E-state index in [-0.39, 0.29) is 29.3 Å². The number of hydrogen-bond acceptors (Lipinski definition) is 3. The molecule has 0 spiro atoms. The van der Waals surface area contributed by atoms with Crippen molar-refractivity contribution in [2.24, 2.45) is 23.7 Å². The molecule has 2 bridgehead atoms. The normalized spacial score (nSPS) is 32.7. The Labute approximate surface area is 127 Å². The van der Waals surface area contributed by atoms with E-state index in [1.807, 2.05) is 26.0 Å². The highest BCUT2D eigenvalue weighted by atomic mass is 16.6. The van der Waals surface area contributed by atoms with E-state index in [4.69, 9.17) is 4.74 Å². The summed E-state index contributed by atoms with van der Waals surface area (Å²) in [7, 11) is 0. The molecule has 0 aromatic rings. The van der Waals surface area contributed by atoms with Crippen LogP contribution in [-0.2, 0) is 14.3 Å². The largest absolute Gasteiger partial charge is 0.459 e. The van der Waals surface area contributed by atoms with E-state index in [0.29, 0.717) is 18.1 Å². The number of ether oxygens (including phenoxy) is 1. The number of carbonyl (C=O) groups excluding carboxylic acids is 2. The van der Waals surface area contributed by atoms with Crippen LogP contribution >= 0.6 is 0 Å². The molecule has 0 aromatic heterocycles. The van der Waals surface area contributed by atoms with E-state index in [0.717, 1.165) is 19.3 Å². The van der Waals surface area contributed by atoms with Crippen LogP contribution < -0.4 is 0 Å². The molecular formula is C18H26O3. The molecule has 0 amide bonds. The van der Waals surface area contributed by atoms with E-state index in [2.05, 4.69) is 0 Å². The molecule has 116 valence electrons. The Morgan fingerprint density at radius 1 is 1.24 bits per heavy atom. The predicted octanol–water partition coefficient (Wildman–Crippen LogP) is 3.67. The lowest BCUT2D eigenvalue weighted by Gasteiger charge is -2.36. The third kappa shape index (κ3) is 2.93. The maximum absolute atomic E-state index is 12.3. The predicted molar refractivity (Wildman–Crippen MR) is 80.6 cm³/mol. The second-order valence-electron chi connectivity index (χ2n) is 7.53. The topological polar surface area (TPSA) is 43.4 Å². The zero-order valence-corrected chi connectivity index (χ0v) is 13.1. The summed E-state index contributed by atoms with van der Waals surface area (Å²) >= 11 is 0. The fraction of sp³-hybridized carbons (Fsp3) is 0.778. The van der Waals surface area contributed by atoms with Gasteiger partial charge in [-0.3, -0.25) is 9.59 Å². The number of esters is 1. The molecule has 2 saturated carbocycles. The maximum atomic E-state index is 12.3. The smallest absolute Gasteiger partial charge is 0.306 e. The van der Waals surface area contributed by atoms with Crippen LogP contribution in [0.1, 0.15) is 58.8 Å². The highest BCUT2D eigenvalue weighted by molar-refractivity contribution is 5.92. The summed E-state index contributed by atoms with van der Waals surface area (Å²) < 4.78 is 5.81. The van der Waals surface area contributed by atoms with Crippen LogP contribution in [0.25, 0.3) is 0 Å². The number of carbonyl (C=O) groups is 2. The van der Waals surface area contributed by atoms with Crippen LogP contribution in [0.2, 0.25) is 0 Å². The van der Waals surface area contributed by atoms with Crippen LogP contribution in [-0.4, -0.2) is 17.4 Å².